The summed E-state index contributed by atoms with van der Waals surface area (Å²) in [7, 11) is 2.00. The number of pyridine rings is 1. The Hall–Kier alpha value is -1.87. The van der Waals surface area contributed by atoms with Crippen LogP contribution in [0.25, 0.3) is 0 Å². The lowest BCUT2D eigenvalue weighted by Crippen LogP contribution is -2.20. The topological polar surface area (TPSA) is 36.4 Å². The molecule has 2 aromatic rings. The van der Waals surface area contributed by atoms with E-state index in [9.17, 15) is 5.11 Å². The second kappa shape index (κ2) is 5.85. The summed E-state index contributed by atoms with van der Waals surface area (Å²) in [6.45, 7) is 4.63. The number of aromatic nitrogens is 1. The highest BCUT2D eigenvalue weighted by molar-refractivity contribution is 5.47. The van der Waals surface area contributed by atoms with E-state index in [-0.39, 0.29) is 0 Å². The SMILES string of the molecule is Cc1cccc(CN(C)c2ncccc2[C@H](C)O)c1. The van der Waals surface area contributed by atoms with Gasteiger partial charge in [0.05, 0.1) is 6.10 Å². The number of aliphatic hydroxyl groups excluding tert-OH is 1. The van der Waals surface area contributed by atoms with Gasteiger partial charge in [-0.1, -0.05) is 35.9 Å². The monoisotopic (exact) mass is 256 g/mol. The van der Waals surface area contributed by atoms with Gasteiger partial charge in [-0.2, -0.15) is 0 Å². The molecule has 0 unspecified atom stereocenters. The van der Waals surface area contributed by atoms with E-state index in [1.165, 1.54) is 11.1 Å². The molecule has 1 N–H and O–H groups in total. The summed E-state index contributed by atoms with van der Waals surface area (Å²) in [6, 6.07) is 12.2. The lowest BCUT2D eigenvalue weighted by Gasteiger charge is -2.22. The second-order valence-electron chi connectivity index (χ2n) is 4.94. The summed E-state index contributed by atoms with van der Waals surface area (Å²) in [6.07, 6.45) is 1.25. The van der Waals surface area contributed by atoms with Crippen LogP contribution in [0.4, 0.5) is 5.82 Å². The van der Waals surface area contributed by atoms with E-state index in [2.05, 4.69) is 41.1 Å². The quantitative estimate of drug-likeness (QED) is 0.913. The number of aryl methyl sites for hydroxylation is 1. The van der Waals surface area contributed by atoms with Gasteiger partial charge in [0.1, 0.15) is 5.82 Å². The smallest absolute Gasteiger partial charge is 0.134 e. The van der Waals surface area contributed by atoms with Crippen LogP contribution in [-0.4, -0.2) is 17.1 Å². The third kappa shape index (κ3) is 3.32. The lowest BCUT2D eigenvalue weighted by atomic mass is 10.1. The third-order valence-electron chi connectivity index (χ3n) is 3.13. The molecule has 1 atom stereocenters. The molecule has 19 heavy (non-hydrogen) atoms. The highest BCUT2D eigenvalue weighted by Crippen LogP contribution is 2.23. The van der Waals surface area contributed by atoms with Crippen LogP contribution in [0.1, 0.15) is 29.7 Å². The van der Waals surface area contributed by atoms with Crippen molar-refractivity contribution in [3.63, 3.8) is 0 Å². The fraction of sp³-hybridized carbons (Fsp3) is 0.312. The second-order valence-corrected chi connectivity index (χ2v) is 4.94. The van der Waals surface area contributed by atoms with E-state index in [1.54, 1.807) is 13.1 Å². The number of rotatable bonds is 4. The number of nitrogens with zero attached hydrogens (tertiary/aromatic N) is 2. The molecule has 0 aliphatic rings. The van der Waals surface area contributed by atoms with Gasteiger partial charge in [-0.3, -0.25) is 0 Å². The molecule has 0 saturated carbocycles. The molecule has 1 aromatic heterocycles. The normalized spacial score (nSPS) is 12.2. The van der Waals surface area contributed by atoms with Crippen molar-refractivity contribution in [2.75, 3.05) is 11.9 Å². The van der Waals surface area contributed by atoms with E-state index < -0.39 is 6.10 Å². The Bertz CT molecular complexity index is 552. The van der Waals surface area contributed by atoms with E-state index in [4.69, 9.17) is 0 Å². The molecule has 0 aliphatic carbocycles. The molecular formula is C16H20N2O. The number of benzene rings is 1. The largest absolute Gasteiger partial charge is 0.389 e. The van der Waals surface area contributed by atoms with Gasteiger partial charge < -0.3 is 10.0 Å². The lowest BCUT2D eigenvalue weighted by molar-refractivity contribution is 0.199. The molecule has 0 saturated heterocycles. The van der Waals surface area contributed by atoms with E-state index in [0.29, 0.717) is 0 Å². The Morgan fingerprint density at radius 2 is 2.05 bits per heavy atom. The fourth-order valence-electron chi connectivity index (χ4n) is 2.21. The van der Waals surface area contributed by atoms with Gasteiger partial charge in [-0.25, -0.2) is 4.98 Å². The van der Waals surface area contributed by atoms with Crippen molar-refractivity contribution in [2.24, 2.45) is 0 Å². The van der Waals surface area contributed by atoms with Crippen LogP contribution in [0.5, 0.6) is 0 Å². The highest BCUT2D eigenvalue weighted by Gasteiger charge is 2.12. The average Bonchev–Trinajstić information content (AvgIpc) is 2.38. The molecular weight excluding hydrogens is 236 g/mol. The molecule has 0 spiro atoms. The van der Waals surface area contributed by atoms with Crippen LogP contribution in [0, 0.1) is 6.92 Å². The Kier molecular flexibility index (Phi) is 4.17. The summed E-state index contributed by atoms with van der Waals surface area (Å²) in [5.41, 5.74) is 3.35. The first kappa shape index (κ1) is 13.6. The predicted molar refractivity (Wildman–Crippen MR) is 78.2 cm³/mol. The molecule has 1 aromatic carbocycles. The van der Waals surface area contributed by atoms with Crippen molar-refractivity contribution >= 4 is 5.82 Å². The van der Waals surface area contributed by atoms with Crippen LogP contribution >= 0.6 is 0 Å². The minimum absolute atomic E-state index is 0.511. The number of anilines is 1. The van der Waals surface area contributed by atoms with Gasteiger partial charge in [-0.05, 0) is 25.5 Å². The zero-order chi connectivity index (χ0) is 13.8. The van der Waals surface area contributed by atoms with Gasteiger partial charge in [0.2, 0.25) is 0 Å². The highest BCUT2D eigenvalue weighted by atomic mass is 16.3. The number of aliphatic hydroxyl groups is 1. The van der Waals surface area contributed by atoms with Crippen LogP contribution < -0.4 is 4.90 Å². The summed E-state index contributed by atoms with van der Waals surface area (Å²) in [5, 5.41) is 9.80. The maximum atomic E-state index is 9.80. The van der Waals surface area contributed by atoms with Gasteiger partial charge >= 0.3 is 0 Å². The first-order valence-corrected chi connectivity index (χ1v) is 6.47. The van der Waals surface area contributed by atoms with Crippen molar-refractivity contribution in [2.45, 2.75) is 26.5 Å². The molecule has 2 rings (SSSR count). The molecule has 3 nitrogen and oxygen atoms in total. The predicted octanol–water partition coefficient (Wildman–Crippen LogP) is 3.08. The van der Waals surface area contributed by atoms with Gasteiger partial charge in [0, 0.05) is 25.4 Å². The van der Waals surface area contributed by atoms with E-state index in [1.807, 2.05) is 19.2 Å². The minimum Gasteiger partial charge on any atom is -0.389 e. The Balaban J connectivity index is 2.23. The standard InChI is InChI=1S/C16H20N2O/c1-12-6-4-7-14(10-12)11-18(3)16-15(13(2)19)8-5-9-17-16/h4-10,13,19H,11H2,1-3H3/t13-/m0/s1. The average molecular weight is 256 g/mol. The summed E-state index contributed by atoms with van der Waals surface area (Å²) in [4.78, 5) is 6.45. The maximum Gasteiger partial charge on any atom is 0.134 e. The van der Waals surface area contributed by atoms with Crippen LogP contribution in [-0.2, 0) is 6.54 Å². The molecule has 0 aliphatic heterocycles. The van der Waals surface area contributed by atoms with Gasteiger partial charge in [0.15, 0.2) is 0 Å². The molecule has 0 amide bonds. The number of hydrogen-bond acceptors (Lipinski definition) is 3. The van der Waals surface area contributed by atoms with E-state index >= 15 is 0 Å². The minimum atomic E-state index is -0.511. The van der Waals surface area contributed by atoms with Crippen LogP contribution in [0.15, 0.2) is 42.6 Å². The van der Waals surface area contributed by atoms with Crippen molar-refractivity contribution in [1.29, 1.82) is 0 Å². The number of hydrogen-bond donors (Lipinski definition) is 1. The van der Waals surface area contributed by atoms with Crippen molar-refractivity contribution in [3.05, 3.63) is 59.3 Å². The van der Waals surface area contributed by atoms with Crippen molar-refractivity contribution < 1.29 is 5.11 Å². The van der Waals surface area contributed by atoms with Gasteiger partial charge in [-0.15, -0.1) is 0 Å². The third-order valence-corrected chi connectivity index (χ3v) is 3.13. The summed E-state index contributed by atoms with van der Waals surface area (Å²) >= 11 is 0. The molecule has 0 radical (unpaired) electrons. The summed E-state index contributed by atoms with van der Waals surface area (Å²) in [5.74, 6) is 0.832. The molecule has 3 heteroatoms. The summed E-state index contributed by atoms with van der Waals surface area (Å²) < 4.78 is 0. The van der Waals surface area contributed by atoms with Gasteiger partial charge in [0.25, 0.3) is 0 Å². The molecule has 0 fully saturated rings. The maximum absolute atomic E-state index is 9.80. The Labute approximate surface area is 114 Å². The molecule has 1 heterocycles. The van der Waals surface area contributed by atoms with Crippen molar-refractivity contribution in [1.82, 2.24) is 4.98 Å². The first-order chi connectivity index (χ1) is 9.08. The zero-order valence-electron chi connectivity index (χ0n) is 11.7. The Morgan fingerprint density at radius 3 is 2.74 bits per heavy atom. The molecule has 0 bridgehead atoms. The van der Waals surface area contributed by atoms with E-state index in [0.717, 1.165) is 17.9 Å². The zero-order valence-corrected chi connectivity index (χ0v) is 11.7. The van der Waals surface area contributed by atoms with Crippen LogP contribution in [0.2, 0.25) is 0 Å². The van der Waals surface area contributed by atoms with Crippen molar-refractivity contribution in [3.8, 4) is 0 Å². The first-order valence-electron chi connectivity index (χ1n) is 6.47. The Morgan fingerprint density at radius 1 is 1.26 bits per heavy atom. The van der Waals surface area contributed by atoms with Crippen LogP contribution in [0.3, 0.4) is 0 Å². The molecule has 100 valence electrons. The fourth-order valence-corrected chi connectivity index (χ4v) is 2.21.